The van der Waals surface area contributed by atoms with Gasteiger partial charge in [0.05, 0.1) is 0 Å². The molecular weight excluding hydrogens is 242 g/mol. The Kier molecular flexibility index (Phi) is 7.76. The number of benzene rings is 1. The predicted molar refractivity (Wildman–Crippen MR) is 82.6 cm³/mol. The van der Waals surface area contributed by atoms with Gasteiger partial charge in [-0.2, -0.15) is 13.5 Å². The van der Waals surface area contributed by atoms with E-state index in [-0.39, 0.29) is 25.4 Å². The van der Waals surface area contributed by atoms with E-state index in [2.05, 4.69) is 33.0 Å². The zero-order valence-corrected chi connectivity index (χ0v) is 12.8. The van der Waals surface area contributed by atoms with Gasteiger partial charge in [0.25, 0.3) is 5.91 Å². The minimum absolute atomic E-state index is 0. The predicted octanol–water partition coefficient (Wildman–Crippen LogP) is 3.53. The highest BCUT2D eigenvalue weighted by Gasteiger charge is 2.10. The van der Waals surface area contributed by atoms with Crippen molar-refractivity contribution < 1.29 is 4.79 Å². The van der Waals surface area contributed by atoms with Gasteiger partial charge in [-0.05, 0) is 43.4 Å². The quantitative estimate of drug-likeness (QED) is 0.869. The van der Waals surface area contributed by atoms with Crippen LogP contribution >= 0.6 is 13.5 Å². The summed E-state index contributed by atoms with van der Waals surface area (Å²) < 4.78 is 0. The van der Waals surface area contributed by atoms with E-state index >= 15 is 0 Å². The first-order valence-corrected chi connectivity index (χ1v) is 6.42. The lowest BCUT2D eigenvalue weighted by Gasteiger charge is -2.16. The van der Waals surface area contributed by atoms with Crippen LogP contribution in [0.4, 0.5) is 0 Å². The fourth-order valence-electron chi connectivity index (χ4n) is 2.01. The third kappa shape index (κ3) is 5.58. The van der Waals surface area contributed by atoms with E-state index in [1.54, 1.807) is 0 Å². The van der Waals surface area contributed by atoms with Crippen LogP contribution in [0.2, 0.25) is 0 Å². The van der Waals surface area contributed by atoms with Gasteiger partial charge in [-0.15, -0.1) is 0 Å². The summed E-state index contributed by atoms with van der Waals surface area (Å²) in [4.78, 5) is 12.0. The van der Waals surface area contributed by atoms with Crippen molar-refractivity contribution in [3.63, 3.8) is 0 Å². The van der Waals surface area contributed by atoms with E-state index in [4.69, 9.17) is 0 Å². The Labute approximate surface area is 118 Å². The van der Waals surface area contributed by atoms with Crippen molar-refractivity contribution >= 4 is 19.4 Å². The number of amides is 1. The maximum absolute atomic E-state index is 12.0. The highest BCUT2D eigenvalue weighted by atomic mass is 32.1. The molecule has 1 aromatic carbocycles. The van der Waals surface area contributed by atoms with E-state index in [1.807, 2.05) is 24.3 Å². The maximum Gasteiger partial charge on any atom is 0.251 e. The molecule has 0 radical (unpaired) electrons. The SMILES string of the molecule is CCc1cccc(C(=O)N[C@@H](C)CC(C)C)c1.S. The molecule has 0 aliphatic carbocycles. The van der Waals surface area contributed by atoms with Gasteiger partial charge in [-0.3, -0.25) is 4.79 Å². The molecule has 1 atom stereocenters. The Morgan fingerprint density at radius 3 is 2.50 bits per heavy atom. The molecular formula is C15H25NOS. The summed E-state index contributed by atoms with van der Waals surface area (Å²) in [6.07, 6.45) is 1.97. The van der Waals surface area contributed by atoms with E-state index in [1.165, 1.54) is 5.56 Å². The number of aryl methyl sites for hydroxylation is 1. The van der Waals surface area contributed by atoms with Crippen LogP contribution in [-0.4, -0.2) is 11.9 Å². The van der Waals surface area contributed by atoms with Crippen molar-refractivity contribution in [2.24, 2.45) is 5.92 Å². The lowest BCUT2D eigenvalue weighted by Crippen LogP contribution is -2.33. The molecule has 0 fully saturated rings. The fraction of sp³-hybridized carbons (Fsp3) is 0.533. The minimum Gasteiger partial charge on any atom is -0.350 e. The molecule has 0 aliphatic rings. The summed E-state index contributed by atoms with van der Waals surface area (Å²) in [5, 5.41) is 3.04. The molecule has 1 N–H and O–H groups in total. The molecule has 18 heavy (non-hydrogen) atoms. The van der Waals surface area contributed by atoms with Gasteiger partial charge in [0.1, 0.15) is 0 Å². The normalized spacial score (nSPS) is 11.8. The molecule has 3 heteroatoms. The van der Waals surface area contributed by atoms with E-state index in [9.17, 15) is 4.79 Å². The molecule has 1 aromatic rings. The van der Waals surface area contributed by atoms with Gasteiger partial charge < -0.3 is 5.32 Å². The minimum atomic E-state index is 0. The zero-order valence-electron chi connectivity index (χ0n) is 11.8. The van der Waals surface area contributed by atoms with E-state index in [0.29, 0.717) is 5.92 Å². The van der Waals surface area contributed by atoms with Gasteiger partial charge in [-0.1, -0.05) is 32.9 Å². The number of hydrogen-bond donors (Lipinski definition) is 1. The standard InChI is InChI=1S/C15H23NO.H2S/c1-5-13-7-6-8-14(10-13)15(17)16-12(4)9-11(2)3;/h6-8,10-12H,5,9H2,1-4H3,(H,16,17);1H2/t12-;/m0./s1. The average Bonchev–Trinajstić information content (AvgIpc) is 2.27. The Morgan fingerprint density at radius 2 is 1.94 bits per heavy atom. The third-order valence-electron chi connectivity index (χ3n) is 2.80. The van der Waals surface area contributed by atoms with E-state index in [0.717, 1.165) is 18.4 Å². The molecule has 0 saturated carbocycles. The molecule has 0 unspecified atom stereocenters. The summed E-state index contributed by atoms with van der Waals surface area (Å²) in [6.45, 7) is 8.49. The molecule has 0 spiro atoms. The van der Waals surface area contributed by atoms with Crippen molar-refractivity contribution in [1.29, 1.82) is 0 Å². The van der Waals surface area contributed by atoms with Crippen LogP contribution in [0.15, 0.2) is 24.3 Å². The molecule has 0 bridgehead atoms. The Balaban J connectivity index is 0.00000289. The van der Waals surface area contributed by atoms with E-state index < -0.39 is 0 Å². The van der Waals surface area contributed by atoms with Crippen molar-refractivity contribution in [2.45, 2.75) is 46.6 Å². The summed E-state index contributed by atoms with van der Waals surface area (Å²) in [5.74, 6) is 0.640. The van der Waals surface area contributed by atoms with Gasteiger partial charge in [-0.25, -0.2) is 0 Å². The molecule has 102 valence electrons. The number of nitrogens with one attached hydrogen (secondary N) is 1. The second kappa shape index (κ2) is 8.20. The lowest BCUT2D eigenvalue weighted by atomic mass is 10.0. The number of carbonyl (C=O) groups is 1. The molecule has 1 rings (SSSR count). The number of hydrogen-bond acceptors (Lipinski definition) is 1. The van der Waals surface area contributed by atoms with Crippen LogP contribution in [0.3, 0.4) is 0 Å². The summed E-state index contributed by atoms with van der Waals surface area (Å²) >= 11 is 0. The summed E-state index contributed by atoms with van der Waals surface area (Å²) in [6, 6.07) is 8.07. The Morgan fingerprint density at radius 1 is 1.28 bits per heavy atom. The summed E-state index contributed by atoms with van der Waals surface area (Å²) in [5.41, 5.74) is 1.97. The highest BCUT2D eigenvalue weighted by molar-refractivity contribution is 7.59. The molecule has 0 heterocycles. The van der Waals surface area contributed by atoms with Crippen molar-refractivity contribution in [2.75, 3.05) is 0 Å². The fourth-order valence-corrected chi connectivity index (χ4v) is 2.01. The van der Waals surface area contributed by atoms with Crippen molar-refractivity contribution in [3.8, 4) is 0 Å². The number of carbonyl (C=O) groups excluding carboxylic acids is 1. The first-order chi connectivity index (χ1) is 8.02. The van der Waals surface area contributed by atoms with Crippen LogP contribution in [0.25, 0.3) is 0 Å². The number of rotatable bonds is 5. The van der Waals surface area contributed by atoms with Gasteiger partial charge in [0, 0.05) is 11.6 Å². The molecule has 2 nitrogen and oxygen atoms in total. The van der Waals surface area contributed by atoms with Crippen LogP contribution in [0, 0.1) is 5.92 Å². The van der Waals surface area contributed by atoms with Crippen LogP contribution in [0.5, 0.6) is 0 Å². The van der Waals surface area contributed by atoms with Crippen LogP contribution in [0.1, 0.15) is 50.0 Å². The monoisotopic (exact) mass is 267 g/mol. The first kappa shape index (κ1) is 17.0. The maximum atomic E-state index is 12.0. The van der Waals surface area contributed by atoms with Crippen LogP contribution in [-0.2, 0) is 6.42 Å². The molecule has 1 amide bonds. The van der Waals surface area contributed by atoms with Crippen LogP contribution < -0.4 is 5.32 Å². The largest absolute Gasteiger partial charge is 0.350 e. The molecule has 0 aromatic heterocycles. The Hall–Kier alpha value is -0.960. The Bertz CT molecular complexity index is 377. The first-order valence-electron chi connectivity index (χ1n) is 6.42. The topological polar surface area (TPSA) is 29.1 Å². The van der Waals surface area contributed by atoms with Crippen molar-refractivity contribution in [1.82, 2.24) is 5.32 Å². The lowest BCUT2D eigenvalue weighted by molar-refractivity contribution is 0.0936. The zero-order chi connectivity index (χ0) is 12.8. The van der Waals surface area contributed by atoms with Gasteiger partial charge >= 0.3 is 0 Å². The average molecular weight is 267 g/mol. The van der Waals surface area contributed by atoms with Gasteiger partial charge in [0.2, 0.25) is 0 Å². The smallest absolute Gasteiger partial charge is 0.251 e. The second-order valence-electron chi connectivity index (χ2n) is 5.06. The van der Waals surface area contributed by atoms with Crippen molar-refractivity contribution in [3.05, 3.63) is 35.4 Å². The second-order valence-corrected chi connectivity index (χ2v) is 5.06. The molecule has 0 aliphatic heterocycles. The third-order valence-corrected chi connectivity index (χ3v) is 2.80. The highest BCUT2D eigenvalue weighted by Crippen LogP contribution is 2.08. The molecule has 0 saturated heterocycles. The summed E-state index contributed by atoms with van der Waals surface area (Å²) in [7, 11) is 0. The van der Waals surface area contributed by atoms with Gasteiger partial charge in [0.15, 0.2) is 0 Å².